The van der Waals surface area contributed by atoms with Crippen LogP contribution in [0.3, 0.4) is 0 Å². The molecule has 1 heterocycles. The van der Waals surface area contributed by atoms with Gasteiger partial charge in [0, 0.05) is 36.5 Å². The Morgan fingerprint density at radius 2 is 1.85 bits per heavy atom. The highest BCUT2D eigenvalue weighted by Gasteiger charge is 2.26. The third kappa shape index (κ3) is 4.87. The molecule has 1 N–H and O–H groups in total. The van der Waals surface area contributed by atoms with Crippen LogP contribution in [0.5, 0.6) is 0 Å². The maximum atomic E-state index is 12.7. The van der Waals surface area contributed by atoms with E-state index in [1.165, 1.54) is 35.6 Å². The average molecular weight is 409 g/mol. The molecule has 2 aromatic carbocycles. The zero-order valence-electron chi connectivity index (χ0n) is 14.9. The van der Waals surface area contributed by atoms with Crippen LogP contribution in [0.25, 0.3) is 0 Å². The third-order valence-corrected chi connectivity index (χ3v) is 6.50. The van der Waals surface area contributed by atoms with Gasteiger partial charge in [-0.1, -0.05) is 11.6 Å². The predicted octanol–water partition coefficient (Wildman–Crippen LogP) is 3.39. The first-order chi connectivity index (χ1) is 12.9. The summed E-state index contributed by atoms with van der Waals surface area (Å²) in [7, 11) is -2.09. The molecule has 2 aromatic rings. The number of anilines is 1. The molecular formula is C19H21ClN2O4S. The van der Waals surface area contributed by atoms with E-state index in [9.17, 15) is 13.2 Å². The number of nitrogens with zero attached hydrogens (tertiary/aromatic N) is 1. The molecule has 0 unspecified atom stereocenters. The number of hydrogen-bond donors (Lipinski definition) is 1. The van der Waals surface area contributed by atoms with Gasteiger partial charge in [0.1, 0.15) is 0 Å². The molecule has 0 aliphatic carbocycles. The summed E-state index contributed by atoms with van der Waals surface area (Å²) in [5, 5.41) is 3.32. The summed E-state index contributed by atoms with van der Waals surface area (Å²) in [6, 6.07) is 12.6. The van der Waals surface area contributed by atoms with Gasteiger partial charge in [-0.25, -0.2) is 8.42 Å². The van der Waals surface area contributed by atoms with Crippen LogP contribution in [0.4, 0.5) is 5.69 Å². The second-order valence-corrected chi connectivity index (χ2v) is 8.89. The molecule has 1 saturated heterocycles. The van der Waals surface area contributed by atoms with Crippen molar-refractivity contribution in [2.24, 2.45) is 0 Å². The maximum absolute atomic E-state index is 12.7. The second kappa shape index (κ2) is 8.39. The van der Waals surface area contributed by atoms with Crippen molar-refractivity contribution in [3.63, 3.8) is 0 Å². The Labute approximate surface area is 164 Å². The summed E-state index contributed by atoms with van der Waals surface area (Å²) in [5.74, 6) is -0.325. The van der Waals surface area contributed by atoms with Crippen LogP contribution in [-0.4, -0.2) is 44.9 Å². The number of carbonyl (C=O) groups excluding carboxylic acids is 1. The molecule has 0 spiro atoms. The van der Waals surface area contributed by atoms with Gasteiger partial charge in [-0.15, -0.1) is 0 Å². The topological polar surface area (TPSA) is 75.7 Å². The fourth-order valence-corrected chi connectivity index (χ4v) is 4.20. The first-order valence-electron chi connectivity index (χ1n) is 8.61. The van der Waals surface area contributed by atoms with Crippen molar-refractivity contribution in [3.05, 3.63) is 59.1 Å². The number of amides is 1. The van der Waals surface area contributed by atoms with Crippen LogP contribution in [-0.2, 0) is 14.8 Å². The van der Waals surface area contributed by atoms with E-state index in [1.54, 1.807) is 24.3 Å². The number of ether oxygens (including phenoxy) is 1. The zero-order valence-corrected chi connectivity index (χ0v) is 16.5. The summed E-state index contributed by atoms with van der Waals surface area (Å²) in [6.07, 6.45) is 1.76. The maximum Gasteiger partial charge on any atom is 0.255 e. The average Bonchev–Trinajstić information content (AvgIpc) is 3.16. The van der Waals surface area contributed by atoms with Crippen molar-refractivity contribution in [3.8, 4) is 0 Å². The highest BCUT2D eigenvalue weighted by molar-refractivity contribution is 7.89. The largest absolute Gasteiger partial charge is 0.377 e. The Kier molecular flexibility index (Phi) is 6.16. The van der Waals surface area contributed by atoms with Crippen molar-refractivity contribution >= 4 is 33.2 Å². The van der Waals surface area contributed by atoms with E-state index in [4.69, 9.17) is 16.3 Å². The molecule has 0 radical (unpaired) electrons. The number of benzene rings is 2. The van der Waals surface area contributed by atoms with Crippen molar-refractivity contribution in [2.75, 3.05) is 25.5 Å². The van der Waals surface area contributed by atoms with Gasteiger partial charge in [-0.2, -0.15) is 4.31 Å². The van der Waals surface area contributed by atoms with E-state index < -0.39 is 10.0 Å². The molecule has 1 aliphatic rings. The minimum absolute atomic E-state index is 0.0609. The van der Waals surface area contributed by atoms with Crippen LogP contribution >= 0.6 is 11.6 Å². The predicted molar refractivity (Wildman–Crippen MR) is 105 cm³/mol. The van der Waals surface area contributed by atoms with Crippen LogP contribution in [0.1, 0.15) is 23.2 Å². The molecule has 1 amide bonds. The van der Waals surface area contributed by atoms with E-state index in [1.807, 2.05) is 0 Å². The number of nitrogens with one attached hydrogen (secondary N) is 1. The van der Waals surface area contributed by atoms with Crippen molar-refractivity contribution in [1.29, 1.82) is 0 Å². The molecule has 1 atom stereocenters. The Morgan fingerprint density at radius 1 is 1.19 bits per heavy atom. The first kappa shape index (κ1) is 19.8. The van der Waals surface area contributed by atoms with Crippen molar-refractivity contribution in [1.82, 2.24) is 4.31 Å². The van der Waals surface area contributed by atoms with E-state index in [0.717, 1.165) is 12.8 Å². The lowest BCUT2D eigenvalue weighted by Crippen LogP contribution is -2.34. The van der Waals surface area contributed by atoms with Crippen LogP contribution in [0.2, 0.25) is 5.02 Å². The summed E-state index contributed by atoms with van der Waals surface area (Å²) < 4.78 is 32.2. The zero-order chi connectivity index (χ0) is 19.4. The van der Waals surface area contributed by atoms with Crippen molar-refractivity contribution < 1.29 is 17.9 Å². The van der Waals surface area contributed by atoms with Crippen LogP contribution < -0.4 is 5.32 Å². The third-order valence-electron chi connectivity index (χ3n) is 4.41. The molecule has 1 fully saturated rings. The summed E-state index contributed by atoms with van der Waals surface area (Å²) in [6.45, 7) is 0.997. The first-order valence-corrected chi connectivity index (χ1v) is 10.4. The van der Waals surface area contributed by atoms with Gasteiger partial charge in [0.15, 0.2) is 0 Å². The van der Waals surface area contributed by atoms with E-state index in [0.29, 0.717) is 29.4 Å². The van der Waals surface area contributed by atoms with Gasteiger partial charge in [0.25, 0.3) is 5.91 Å². The Balaban J connectivity index is 1.68. The SMILES string of the molecule is CN(C[C@@H]1CCCO1)S(=O)(=O)c1ccc(C(=O)Nc2ccc(Cl)cc2)cc1. The van der Waals surface area contributed by atoms with E-state index in [-0.39, 0.29) is 16.9 Å². The molecular weight excluding hydrogens is 388 g/mol. The number of carbonyl (C=O) groups is 1. The lowest BCUT2D eigenvalue weighted by Gasteiger charge is -2.20. The quantitative estimate of drug-likeness (QED) is 0.794. The summed E-state index contributed by atoms with van der Waals surface area (Å²) >= 11 is 5.82. The number of hydrogen-bond acceptors (Lipinski definition) is 4. The smallest absolute Gasteiger partial charge is 0.255 e. The molecule has 6 nitrogen and oxygen atoms in total. The molecule has 8 heteroatoms. The fraction of sp³-hybridized carbons (Fsp3) is 0.316. The molecule has 0 aromatic heterocycles. The van der Waals surface area contributed by atoms with E-state index in [2.05, 4.69) is 5.32 Å². The second-order valence-electron chi connectivity index (χ2n) is 6.41. The number of likely N-dealkylation sites (N-methyl/N-ethyl adjacent to an activating group) is 1. The number of rotatable bonds is 6. The highest BCUT2D eigenvalue weighted by Crippen LogP contribution is 2.20. The van der Waals surface area contributed by atoms with Crippen molar-refractivity contribution in [2.45, 2.75) is 23.8 Å². The van der Waals surface area contributed by atoms with Gasteiger partial charge in [-0.3, -0.25) is 4.79 Å². The standard InChI is InChI=1S/C19H21ClN2O4S/c1-22(13-17-3-2-12-26-17)27(24,25)18-10-4-14(5-11-18)19(23)21-16-8-6-15(20)7-9-16/h4-11,17H,2-3,12-13H2,1H3,(H,21,23)/t17-/m0/s1. The minimum Gasteiger partial charge on any atom is -0.377 e. The Bertz CT molecular complexity index is 892. The molecule has 0 saturated carbocycles. The summed E-state index contributed by atoms with van der Waals surface area (Å²) in [4.78, 5) is 12.4. The van der Waals surface area contributed by atoms with Crippen LogP contribution in [0.15, 0.2) is 53.4 Å². The Hall–Kier alpha value is -1.93. The molecule has 3 rings (SSSR count). The van der Waals surface area contributed by atoms with Gasteiger partial charge < -0.3 is 10.1 Å². The lowest BCUT2D eigenvalue weighted by molar-refractivity contribution is 0.0979. The molecule has 27 heavy (non-hydrogen) atoms. The van der Waals surface area contributed by atoms with Gasteiger partial charge in [0.05, 0.1) is 11.0 Å². The van der Waals surface area contributed by atoms with Gasteiger partial charge in [0.2, 0.25) is 10.0 Å². The highest BCUT2D eigenvalue weighted by atomic mass is 35.5. The van der Waals surface area contributed by atoms with Crippen LogP contribution in [0, 0.1) is 0 Å². The van der Waals surface area contributed by atoms with Gasteiger partial charge in [-0.05, 0) is 61.4 Å². The molecule has 0 bridgehead atoms. The van der Waals surface area contributed by atoms with E-state index >= 15 is 0 Å². The molecule has 1 aliphatic heterocycles. The monoisotopic (exact) mass is 408 g/mol. The lowest BCUT2D eigenvalue weighted by atomic mass is 10.2. The minimum atomic E-state index is -3.63. The fourth-order valence-electron chi connectivity index (χ4n) is 2.87. The number of sulfonamides is 1. The Morgan fingerprint density at radius 3 is 2.44 bits per heavy atom. The van der Waals surface area contributed by atoms with Gasteiger partial charge >= 0.3 is 0 Å². The number of halogens is 1. The summed E-state index contributed by atoms with van der Waals surface area (Å²) in [5.41, 5.74) is 0.975. The molecule has 144 valence electrons. The normalized spacial score (nSPS) is 17.2.